The smallest absolute Gasteiger partial charge is 0.123 e. The van der Waals surface area contributed by atoms with E-state index in [1.165, 1.54) is 29.0 Å². The Labute approximate surface area is 122 Å². The lowest BCUT2D eigenvalue weighted by molar-refractivity contribution is 0.433. The number of hydrogen-bond donors (Lipinski definition) is 1. The summed E-state index contributed by atoms with van der Waals surface area (Å²) in [6.45, 7) is 0. The van der Waals surface area contributed by atoms with Crippen LogP contribution < -0.4 is 5.32 Å². The fourth-order valence-corrected chi connectivity index (χ4v) is 4.99. The van der Waals surface area contributed by atoms with Crippen LogP contribution in [0.2, 0.25) is 0 Å². The van der Waals surface area contributed by atoms with Gasteiger partial charge in [0.1, 0.15) is 10.8 Å². The van der Waals surface area contributed by atoms with E-state index < -0.39 is 0 Å². The van der Waals surface area contributed by atoms with Crippen LogP contribution >= 0.6 is 11.3 Å². The number of hydrogen-bond acceptors (Lipinski definition) is 3. The second-order valence-corrected chi connectivity index (χ2v) is 6.78. The highest BCUT2D eigenvalue weighted by atomic mass is 32.1. The van der Waals surface area contributed by atoms with Gasteiger partial charge in [0.05, 0.1) is 11.2 Å². The average Bonchev–Trinajstić information content (AvgIpc) is 3.09. The lowest BCUT2D eigenvalue weighted by Crippen LogP contribution is -2.39. The fourth-order valence-electron chi connectivity index (χ4n) is 3.60. The van der Waals surface area contributed by atoms with Crippen molar-refractivity contribution in [3.8, 4) is 0 Å². The van der Waals surface area contributed by atoms with Crippen molar-refractivity contribution < 1.29 is 4.39 Å². The highest BCUT2D eigenvalue weighted by Gasteiger charge is 2.42. The van der Waals surface area contributed by atoms with E-state index in [4.69, 9.17) is 4.98 Å². The Morgan fingerprint density at radius 1 is 1.30 bits per heavy atom. The molecule has 0 fully saturated rings. The zero-order valence-corrected chi connectivity index (χ0v) is 12.3. The van der Waals surface area contributed by atoms with Crippen LogP contribution in [0.1, 0.15) is 39.5 Å². The number of aromatic nitrogens is 1. The number of nitrogens with zero attached hydrogens (tertiary/aromatic N) is 1. The van der Waals surface area contributed by atoms with Crippen molar-refractivity contribution in [1.29, 1.82) is 0 Å². The normalized spacial score (nSPS) is 23.9. The number of halogens is 1. The maximum Gasteiger partial charge on any atom is 0.123 e. The Balaban J connectivity index is 1.86. The molecule has 2 nitrogen and oxygen atoms in total. The average molecular weight is 288 g/mol. The monoisotopic (exact) mass is 288 g/mol. The van der Waals surface area contributed by atoms with E-state index in [9.17, 15) is 4.39 Å². The van der Waals surface area contributed by atoms with E-state index >= 15 is 0 Å². The molecule has 104 valence electrons. The first-order valence-corrected chi connectivity index (χ1v) is 8.01. The van der Waals surface area contributed by atoms with Crippen LogP contribution in [-0.4, -0.2) is 12.0 Å². The van der Waals surface area contributed by atoms with Gasteiger partial charge in [-0.25, -0.2) is 9.37 Å². The molecule has 2 aromatic rings. The summed E-state index contributed by atoms with van der Waals surface area (Å²) >= 11 is 1.84. The van der Waals surface area contributed by atoms with Crippen LogP contribution in [0.5, 0.6) is 0 Å². The van der Waals surface area contributed by atoms with Crippen LogP contribution in [0.15, 0.2) is 18.2 Å². The van der Waals surface area contributed by atoms with Gasteiger partial charge in [0.25, 0.3) is 0 Å². The van der Waals surface area contributed by atoms with Crippen LogP contribution in [0.4, 0.5) is 4.39 Å². The molecular weight excluding hydrogens is 271 g/mol. The van der Waals surface area contributed by atoms with Gasteiger partial charge in [-0.2, -0.15) is 0 Å². The van der Waals surface area contributed by atoms with Crippen molar-refractivity contribution in [1.82, 2.24) is 10.3 Å². The molecule has 2 aliphatic carbocycles. The number of aryl methyl sites for hydroxylation is 3. The molecule has 20 heavy (non-hydrogen) atoms. The first kappa shape index (κ1) is 12.5. The molecule has 4 heteroatoms. The molecular formula is C16H17FN2S. The summed E-state index contributed by atoms with van der Waals surface area (Å²) in [5, 5.41) is 4.65. The highest BCUT2D eigenvalue weighted by Crippen LogP contribution is 2.45. The Morgan fingerprint density at radius 3 is 3.00 bits per heavy atom. The summed E-state index contributed by atoms with van der Waals surface area (Å²) in [6, 6.07) is 5.17. The molecule has 0 saturated heterocycles. The van der Waals surface area contributed by atoms with Crippen LogP contribution in [0.25, 0.3) is 0 Å². The molecule has 0 radical (unpaired) electrons. The molecule has 1 unspecified atom stereocenters. The van der Waals surface area contributed by atoms with E-state index in [-0.39, 0.29) is 11.4 Å². The van der Waals surface area contributed by atoms with E-state index in [0.717, 1.165) is 29.8 Å². The Hall–Kier alpha value is -1.26. The molecule has 1 heterocycles. The van der Waals surface area contributed by atoms with E-state index in [1.807, 2.05) is 24.5 Å². The number of fused-ring (bicyclic) bond motifs is 2. The zero-order chi connectivity index (χ0) is 13.7. The third-order valence-corrected chi connectivity index (χ3v) is 6.00. The summed E-state index contributed by atoms with van der Waals surface area (Å²) in [5.41, 5.74) is 3.40. The van der Waals surface area contributed by atoms with Crippen molar-refractivity contribution in [3.63, 3.8) is 0 Å². The minimum Gasteiger partial charge on any atom is -0.305 e. The summed E-state index contributed by atoms with van der Waals surface area (Å²) in [7, 11) is 1.99. The van der Waals surface area contributed by atoms with Gasteiger partial charge in [-0.15, -0.1) is 11.3 Å². The SMILES string of the molecule is CNC1(c2nc3c(s2)CCC3)CCc2cc(F)ccc21. The topological polar surface area (TPSA) is 24.9 Å². The largest absolute Gasteiger partial charge is 0.305 e. The van der Waals surface area contributed by atoms with Crippen LogP contribution in [0, 0.1) is 5.82 Å². The third kappa shape index (κ3) is 1.61. The summed E-state index contributed by atoms with van der Waals surface area (Å²) in [6.07, 6.45) is 5.40. The van der Waals surface area contributed by atoms with Gasteiger partial charge < -0.3 is 5.32 Å². The minimum absolute atomic E-state index is 0.141. The van der Waals surface area contributed by atoms with E-state index in [1.54, 1.807) is 12.1 Å². The van der Waals surface area contributed by atoms with Gasteiger partial charge in [-0.1, -0.05) is 6.07 Å². The van der Waals surface area contributed by atoms with E-state index in [2.05, 4.69) is 5.32 Å². The van der Waals surface area contributed by atoms with Gasteiger partial charge in [0, 0.05) is 4.88 Å². The molecule has 2 aliphatic rings. The van der Waals surface area contributed by atoms with Gasteiger partial charge in [0.15, 0.2) is 0 Å². The molecule has 1 atom stereocenters. The van der Waals surface area contributed by atoms with Gasteiger partial charge >= 0.3 is 0 Å². The quantitative estimate of drug-likeness (QED) is 0.918. The zero-order valence-electron chi connectivity index (χ0n) is 11.5. The molecule has 1 aromatic carbocycles. The molecule has 0 bridgehead atoms. The van der Waals surface area contributed by atoms with Crippen LogP contribution in [0.3, 0.4) is 0 Å². The lowest BCUT2D eigenvalue weighted by atomic mass is 9.92. The second-order valence-electron chi connectivity index (χ2n) is 5.70. The van der Waals surface area contributed by atoms with Crippen molar-refractivity contribution in [2.24, 2.45) is 0 Å². The molecule has 0 spiro atoms. The van der Waals surface area contributed by atoms with Crippen molar-refractivity contribution in [2.45, 2.75) is 37.6 Å². The molecule has 0 amide bonds. The lowest BCUT2D eigenvalue weighted by Gasteiger charge is -2.28. The maximum atomic E-state index is 13.4. The first-order chi connectivity index (χ1) is 9.73. The predicted octanol–water partition coefficient (Wildman–Crippen LogP) is 3.18. The standard InChI is InChI=1S/C16H17FN2S/c1-18-16(15-19-13-3-2-4-14(13)20-15)8-7-10-9-11(17)5-6-12(10)16/h5-6,9,18H,2-4,7-8H2,1H3. The molecule has 0 aliphatic heterocycles. The number of nitrogens with one attached hydrogen (secondary N) is 1. The number of rotatable bonds is 2. The summed E-state index contributed by atoms with van der Waals surface area (Å²) in [4.78, 5) is 6.35. The third-order valence-electron chi connectivity index (χ3n) is 4.68. The number of thiazole rings is 1. The molecule has 4 rings (SSSR count). The molecule has 1 aromatic heterocycles. The fraction of sp³-hybridized carbons (Fsp3) is 0.438. The first-order valence-electron chi connectivity index (χ1n) is 7.20. The maximum absolute atomic E-state index is 13.4. The Morgan fingerprint density at radius 2 is 2.20 bits per heavy atom. The number of benzene rings is 1. The van der Waals surface area contributed by atoms with Gasteiger partial charge in [-0.3, -0.25) is 0 Å². The summed E-state index contributed by atoms with van der Waals surface area (Å²) in [5.74, 6) is -0.141. The van der Waals surface area contributed by atoms with Crippen LogP contribution in [-0.2, 0) is 24.8 Å². The molecule has 1 N–H and O–H groups in total. The highest BCUT2D eigenvalue weighted by molar-refractivity contribution is 7.12. The molecule has 0 saturated carbocycles. The Bertz CT molecular complexity index is 658. The Kier molecular flexibility index (Phi) is 2.72. The minimum atomic E-state index is -0.210. The van der Waals surface area contributed by atoms with Crippen molar-refractivity contribution in [2.75, 3.05) is 7.05 Å². The van der Waals surface area contributed by atoms with Crippen molar-refractivity contribution in [3.05, 3.63) is 50.7 Å². The predicted molar refractivity (Wildman–Crippen MR) is 78.7 cm³/mol. The van der Waals surface area contributed by atoms with Gasteiger partial charge in [-0.05, 0) is 62.4 Å². The van der Waals surface area contributed by atoms with Crippen molar-refractivity contribution >= 4 is 11.3 Å². The summed E-state index contributed by atoms with van der Waals surface area (Å²) < 4.78 is 13.4. The van der Waals surface area contributed by atoms with E-state index in [0.29, 0.717) is 0 Å². The second kappa shape index (κ2) is 4.37. The van der Waals surface area contributed by atoms with Gasteiger partial charge in [0.2, 0.25) is 0 Å².